The van der Waals surface area contributed by atoms with Gasteiger partial charge in [-0.15, -0.1) is 0 Å². The van der Waals surface area contributed by atoms with E-state index in [1.807, 2.05) is 12.1 Å². The number of aromatic nitrogens is 3. The van der Waals surface area contributed by atoms with Crippen molar-refractivity contribution < 1.29 is 4.79 Å². The number of hydrogen-bond acceptors (Lipinski definition) is 3. The van der Waals surface area contributed by atoms with Crippen LogP contribution in [-0.4, -0.2) is 20.4 Å². The van der Waals surface area contributed by atoms with Crippen LogP contribution in [0.4, 0.5) is 0 Å². The number of imidazole rings is 1. The van der Waals surface area contributed by atoms with Crippen molar-refractivity contribution in [1.29, 1.82) is 0 Å². The van der Waals surface area contributed by atoms with Crippen molar-refractivity contribution in [3.63, 3.8) is 0 Å². The fraction of sp³-hybridized carbons (Fsp3) is 0.182. The molecule has 2 aromatic heterocycles. The van der Waals surface area contributed by atoms with Gasteiger partial charge in [-0.3, -0.25) is 9.78 Å². The molecule has 0 unspecified atom stereocenters. The largest absolute Gasteiger partial charge is 0.350 e. The summed E-state index contributed by atoms with van der Waals surface area (Å²) in [5.74, 6) is -0.171. The molecule has 18 heavy (non-hydrogen) atoms. The highest BCUT2D eigenvalue weighted by Crippen LogP contribution is 2.18. The van der Waals surface area contributed by atoms with Gasteiger partial charge in [-0.1, -0.05) is 29.3 Å². The Morgan fingerprint density at radius 1 is 1.44 bits per heavy atom. The van der Waals surface area contributed by atoms with Gasteiger partial charge in [0.2, 0.25) is 5.91 Å². The Balaban J connectivity index is 1.88. The number of rotatable bonds is 4. The third-order valence-corrected chi connectivity index (χ3v) is 3.03. The van der Waals surface area contributed by atoms with Crippen LogP contribution in [-0.2, 0) is 17.9 Å². The maximum atomic E-state index is 11.7. The minimum Gasteiger partial charge on any atom is -0.350 e. The molecule has 1 N–H and O–H groups in total. The molecule has 0 saturated carbocycles. The maximum absolute atomic E-state index is 11.7. The average Bonchev–Trinajstić information content (AvgIpc) is 2.70. The summed E-state index contributed by atoms with van der Waals surface area (Å²) in [7, 11) is 0. The van der Waals surface area contributed by atoms with Gasteiger partial charge in [-0.05, 0) is 11.6 Å². The molecule has 0 aromatic carbocycles. The molecule has 1 amide bonds. The highest BCUT2D eigenvalue weighted by molar-refractivity contribution is 6.40. The highest BCUT2D eigenvalue weighted by atomic mass is 35.5. The Morgan fingerprint density at radius 2 is 2.28 bits per heavy atom. The molecule has 7 heteroatoms. The zero-order valence-corrected chi connectivity index (χ0v) is 10.8. The van der Waals surface area contributed by atoms with E-state index in [1.54, 1.807) is 12.4 Å². The highest BCUT2D eigenvalue weighted by Gasteiger charge is 2.09. The minimum atomic E-state index is -0.171. The molecular weight excluding hydrogens is 275 g/mol. The van der Waals surface area contributed by atoms with E-state index in [1.165, 1.54) is 10.9 Å². The number of carbonyl (C=O) groups excluding carboxylic acids is 1. The number of pyridine rings is 1. The fourth-order valence-electron chi connectivity index (χ4n) is 1.37. The average molecular weight is 285 g/mol. The number of carbonyl (C=O) groups is 1. The van der Waals surface area contributed by atoms with Crippen molar-refractivity contribution in [3.8, 4) is 0 Å². The lowest BCUT2D eigenvalue weighted by molar-refractivity contribution is -0.121. The Morgan fingerprint density at radius 3 is 2.89 bits per heavy atom. The Kier molecular flexibility index (Phi) is 4.17. The van der Waals surface area contributed by atoms with Crippen LogP contribution in [0.5, 0.6) is 0 Å². The van der Waals surface area contributed by atoms with E-state index in [9.17, 15) is 4.79 Å². The summed E-state index contributed by atoms with van der Waals surface area (Å²) in [6.07, 6.45) is 4.80. The van der Waals surface area contributed by atoms with Gasteiger partial charge in [0, 0.05) is 18.9 Å². The van der Waals surface area contributed by atoms with Crippen LogP contribution in [0.25, 0.3) is 0 Å². The fourth-order valence-corrected chi connectivity index (χ4v) is 1.67. The van der Waals surface area contributed by atoms with Crippen molar-refractivity contribution in [2.45, 2.75) is 13.1 Å². The zero-order valence-electron chi connectivity index (χ0n) is 9.31. The van der Waals surface area contributed by atoms with Gasteiger partial charge >= 0.3 is 0 Å². The molecule has 0 saturated heterocycles. The van der Waals surface area contributed by atoms with Gasteiger partial charge in [-0.2, -0.15) is 0 Å². The Bertz CT molecular complexity index is 541. The Hall–Kier alpha value is -1.59. The predicted octanol–water partition coefficient (Wildman–Crippen LogP) is 1.90. The minimum absolute atomic E-state index is 0.0822. The first kappa shape index (κ1) is 12.9. The molecular formula is C11H10Cl2N4O. The molecule has 0 radical (unpaired) electrons. The summed E-state index contributed by atoms with van der Waals surface area (Å²) >= 11 is 11.5. The van der Waals surface area contributed by atoms with Gasteiger partial charge in [-0.25, -0.2) is 4.98 Å². The van der Waals surface area contributed by atoms with Crippen LogP contribution in [0.3, 0.4) is 0 Å². The van der Waals surface area contributed by atoms with Crippen LogP contribution >= 0.6 is 23.2 Å². The predicted molar refractivity (Wildman–Crippen MR) is 68.3 cm³/mol. The summed E-state index contributed by atoms with van der Waals surface area (Å²) < 4.78 is 1.47. The topological polar surface area (TPSA) is 59.8 Å². The summed E-state index contributed by atoms with van der Waals surface area (Å²) in [5, 5.41) is 3.20. The summed E-state index contributed by atoms with van der Waals surface area (Å²) in [6, 6.07) is 3.70. The van der Waals surface area contributed by atoms with E-state index in [0.717, 1.165) is 5.56 Å². The van der Waals surface area contributed by atoms with E-state index in [-0.39, 0.29) is 22.8 Å². The molecule has 0 bridgehead atoms. The standard InChI is InChI=1S/C11H10Cl2N4O/c12-10-11(13)17(7-16-10)6-9(18)15-5-8-2-1-3-14-4-8/h1-4,7H,5-6H2,(H,15,18). The SMILES string of the molecule is O=C(Cn1cnc(Cl)c1Cl)NCc1cccnc1. The normalized spacial score (nSPS) is 10.3. The van der Waals surface area contributed by atoms with Gasteiger partial charge in [0.25, 0.3) is 0 Å². The van der Waals surface area contributed by atoms with Gasteiger partial charge in [0.1, 0.15) is 11.7 Å². The van der Waals surface area contributed by atoms with Crippen LogP contribution in [0.1, 0.15) is 5.56 Å². The number of nitrogens with one attached hydrogen (secondary N) is 1. The molecule has 2 rings (SSSR count). The Labute approximate surface area is 114 Å². The molecule has 0 aliphatic carbocycles. The number of halogens is 2. The van der Waals surface area contributed by atoms with Crippen LogP contribution in [0.15, 0.2) is 30.9 Å². The smallest absolute Gasteiger partial charge is 0.240 e. The molecule has 0 spiro atoms. The number of hydrogen-bond donors (Lipinski definition) is 1. The zero-order chi connectivity index (χ0) is 13.0. The van der Waals surface area contributed by atoms with Crippen LogP contribution < -0.4 is 5.32 Å². The first-order chi connectivity index (χ1) is 8.66. The lowest BCUT2D eigenvalue weighted by Gasteiger charge is -2.06. The lowest BCUT2D eigenvalue weighted by Crippen LogP contribution is -2.26. The number of nitrogens with zero attached hydrogens (tertiary/aromatic N) is 3. The molecule has 5 nitrogen and oxygen atoms in total. The van der Waals surface area contributed by atoms with E-state index >= 15 is 0 Å². The summed E-state index contributed by atoms with van der Waals surface area (Å²) in [4.78, 5) is 19.4. The molecule has 0 aliphatic heterocycles. The van der Waals surface area contributed by atoms with Crippen LogP contribution in [0, 0.1) is 0 Å². The molecule has 2 aromatic rings. The van der Waals surface area contributed by atoms with Crippen molar-refractivity contribution in [1.82, 2.24) is 19.9 Å². The second-order valence-electron chi connectivity index (χ2n) is 3.59. The van der Waals surface area contributed by atoms with Crippen molar-refractivity contribution >= 4 is 29.1 Å². The summed E-state index contributed by atoms with van der Waals surface area (Å²) in [6.45, 7) is 0.505. The molecule has 0 atom stereocenters. The van der Waals surface area contributed by atoms with E-state index in [4.69, 9.17) is 23.2 Å². The maximum Gasteiger partial charge on any atom is 0.240 e. The van der Waals surface area contributed by atoms with Crippen LogP contribution in [0.2, 0.25) is 10.3 Å². The first-order valence-corrected chi connectivity index (χ1v) is 5.94. The monoisotopic (exact) mass is 284 g/mol. The van der Waals surface area contributed by atoms with E-state index in [0.29, 0.717) is 6.54 Å². The van der Waals surface area contributed by atoms with Gasteiger partial charge < -0.3 is 9.88 Å². The molecule has 0 aliphatic rings. The molecule has 0 fully saturated rings. The van der Waals surface area contributed by atoms with Gasteiger partial charge in [0.15, 0.2) is 5.15 Å². The number of amides is 1. The lowest BCUT2D eigenvalue weighted by atomic mass is 10.3. The quantitative estimate of drug-likeness (QED) is 0.933. The summed E-state index contributed by atoms with van der Waals surface area (Å²) in [5.41, 5.74) is 0.931. The van der Waals surface area contributed by atoms with Crippen molar-refractivity contribution in [2.24, 2.45) is 0 Å². The second kappa shape index (κ2) is 5.84. The second-order valence-corrected chi connectivity index (χ2v) is 4.31. The third kappa shape index (κ3) is 3.21. The molecule has 2 heterocycles. The third-order valence-electron chi connectivity index (χ3n) is 2.26. The van der Waals surface area contributed by atoms with Crippen molar-refractivity contribution in [3.05, 3.63) is 46.7 Å². The first-order valence-electron chi connectivity index (χ1n) is 5.18. The molecule has 94 valence electrons. The van der Waals surface area contributed by atoms with Gasteiger partial charge in [0.05, 0.1) is 6.33 Å². The van der Waals surface area contributed by atoms with E-state index in [2.05, 4.69) is 15.3 Å². The van der Waals surface area contributed by atoms with E-state index < -0.39 is 0 Å². The van der Waals surface area contributed by atoms with Crippen molar-refractivity contribution in [2.75, 3.05) is 0 Å².